The van der Waals surface area contributed by atoms with Crippen molar-refractivity contribution in [1.82, 2.24) is 5.16 Å². The van der Waals surface area contributed by atoms with E-state index in [1.165, 1.54) is 5.56 Å². The van der Waals surface area contributed by atoms with Gasteiger partial charge in [-0.3, -0.25) is 0 Å². The molecule has 2 heterocycles. The third-order valence-corrected chi connectivity index (χ3v) is 5.28. The van der Waals surface area contributed by atoms with Crippen LogP contribution in [0.25, 0.3) is 0 Å². The second kappa shape index (κ2) is 8.07. The van der Waals surface area contributed by atoms with Gasteiger partial charge in [0.15, 0.2) is 11.5 Å². The van der Waals surface area contributed by atoms with Gasteiger partial charge in [-0.05, 0) is 49.2 Å². The van der Waals surface area contributed by atoms with E-state index in [0.29, 0.717) is 13.2 Å². The number of benzene rings is 2. The van der Waals surface area contributed by atoms with E-state index in [-0.39, 0.29) is 0 Å². The Morgan fingerprint density at radius 3 is 2.55 bits per heavy atom. The summed E-state index contributed by atoms with van der Waals surface area (Å²) in [7, 11) is 3.77. The number of hydrogen-bond donors (Lipinski definition) is 0. The summed E-state index contributed by atoms with van der Waals surface area (Å²) in [6.07, 6.45) is 0.728. The molecule has 6 heteroatoms. The van der Waals surface area contributed by atoms with Crippen LogP contribution in [0, 0.1) is 13.8 Å². The van der Waals surface area contributed by atoms with Crippen LogP contribution in [0.1, 0.15) is 28.1 Å². The normalized spacial score (nSPS) is 12.7. The number of ether oxygens (including phenoxy) is 3. The first kappa shape index (κ1) is 19.2. The number of aromatic nitrogens is 1. The maximum atomic E-state index is 5.71. The van der Waals surface area contributed by atoms with Crippen LogP contribution in [0.4, 0.5) is 5.69 Å². The highest BCUT2D eigenvalue weighted by molar-refractivity contribution is 5.57. The van der Waals surface area contributed by atoms with Gasteiger partial charge < -0.3 is 23.6 Å². The Morgan fingerprint density at radius 2 is 1.83 bits per heavy atom. The molecule has 3 aromatic rings. The molecule has 1 aromatic heterocycles. The van der Waals surface area contributed by atoms with Gasteiger partial charge in [-0.15, -0.1) is 0 Å². The summed E-state index contributed by atoms with van der Waals surface area (Å²) in [4.78, 5) is 2.19. The number of fused-ring (bicyclic) bond motifs is 1. The van der Waals surface area contributed by atoms with Crippen LogP contribution in [0.3, 0.4) is 0 Å². The summed E-state index contributed by atoms with van der Waals surface area (Å²) >= 11 is 0. The highest BCUT2D eigenvalue weighted by atomic mass is 16.6. The molecule has 0 saturated carbocycles. The van der Waals surface area contributed by atoms with E-state index in [0.717, 1.165) is 58.5 Å². The Bertz CT molecular complexity index is 993. The van der Waals surface area contributed by atoms with Crippen molar-refractivity contribution in [2.45, 2.75) is 26.8 Å². The van der Waals surface area contributed by atoms with E-state index in [4.69, 9.17) is 18.7 Å². The van der Waals surface area contributed by atoms with E-state index in [9.17, 15) is 0 Å². The van der Waals surface area contributed by atoms with Gasteiger partial charge in [0.1, 0.15) is 24.7 Å². The summed E-state index contributed by atoms with van der Waals surface area (Å²) in [5.41, 5.74) is 5.43. The van der Waals surface area contributed by atoms with E-state index < -0.39 is 0 Å². The van der Waals surface area contributed by atoms with Crippen LogP contribution in [-0.4, -0.2) is 32.5 Å². The Labute approximate surface area is 171 Å². The number of nitrogens with zero attached hydrogens (tertiary/aromatic N) is 2. The maximum Gasteiger partial charge on any atom is 0.163 e. The highest BCUT2D eigenvalue weighted by Crippen LogP contribution is 2.34. The van der Waals surface area contributed by atoms with Crippen molar-refractivity contribution in [2.24, 2.45) is 0 Å². The van der Waals surface area contributed by atoms with Gasteiger partial charge in [0.2, 0.25) is 0 Å². The summed E-state index contributed by atoms with van der Waals surface area (Å²) in [5.74, 6) is 3.33. The van der Waals surface area contributed by atoms with E-state index in [1.807, 2.05) is 32.0 Å². The first-order valence-electron chi connectivity index (χ1n) is 9.73. The zero-order valence-corrected chi connectivity index (χ0v) is 17.3. The molecule has 0 N–H and O–H groups in total. The molecule has 0 aliphatic carbocycles. The second-order valence-corrected chi connectivity index (χ2v) is 7.31. The standard InChI is InChI=1S/C23H26N2O4/c1-15-20(16(2)29-24-15)12-18-11-17(5-7-21(18)26-4)14-25(3)19-6-8-22-23(13-19)28-10-9-27-22/h5-8,11,13H,9-10,12,14H2,1-4H3. The van der Waals surface area contributed by atoms with Gasteiger partial charge in [0.05, 0.1) is 12.8 Å². The molecule has 6 nitrogen and oxygen atoms in total. The van der Waals surface area contributed by atoms with Crippen molar-refractivity contribution < 1.29 is 18.7 Å². The Balaban J connectivity index is 1.55. The number of rotatable bonds is 6. The Morgan fingerprint density at radius 1 is 1.03 bits per heavy atom. The minimum Gasteiger partial charge on any atom is -0.496 e. The van der Waals surface area contributed by atoms with E-state index in [1.54, 1.807) is 7.11 Å². The molecule has 152 valence electrons. The van der Waals surface area contributed by atoms with Gasteiger partial charge in [0, 0.05) is 37.3 Å². The molecule has 1 aliphatic rings. The molecule has 0 spiro atoms. The van der Waals surface area contributed by atoms with Gasteiger partial charge in [0.25, 0.3) is 0 Å². The highest BCUT2D eigenvalue weighted by Gasteiger charge is 2.16. The maximum absolute atomic E-state index is 5.71. The Hall–Kier alpha value is -3.15. The SMILES string of the molecule is COc1ccc(CN(C)c2ccc3c(c2)OCCO3)cc1Cc1c(C)noc1C. The first-order chi connectivity index (χ1) is 14.0. The number of aryl methyl sites for hydroxylation is 2. The van der Waals surface area contributed by atoms with Gasteiger partial charge in [-0.25, -0.2) is 0 Å². The number of methoxy groups -OCH3 is 1. The topological polar surface area (TPSA) is 57.0 Å². The molecule has 4 rings (SSSR count). The molecular formula is C23H26N2O4. The van der Waals surface area contributed by atoms with Gasteiger partial charge in [-0.2, -0.15) is 0 Å². The number of hydrogen-bond acceptors (Lipinski definition) is 6. The van der Waals surface area contributed by atoms with Crippen LogP contribution >= 0.6 is 0 Å². The molecule has 0 fully saturated rings. The van der Waals surface area contributed by atoms with Crippen LogP contribution in [0.15, 0.2) is 40.9 Å². The fourth-order valence-corrected chi connectivity index (χ4v) is 3.65. The lowest BCUT2D eigenvalue weighted by atomic mass is 10.0. The fourth-order valence-electron chi connectivity index (χ4n) is 3.65. The molecular weight excluding hydrogens is 368 g/mol. The predicted molar refractivity (Wildman–Crippen MR) is 111 cm³/mol. The molecule has 0 amide bonds. The monoisotopic (exact) mass is 394 g/mol. The minimum absolute atomic E-state index is 0.587. The summed E-state index contributed by atoms with van der Waals surface area (Å²) in [5, 5.41) is 4.07. The summed E-state index contributed by atoms with van der Waals surface area (Å²) in [6.45, 7) is 5.86. The smallest absolute Gasteiger partial charge is 0.163 e. The van der Waals surface area contributed by atoms with Gasteiger partial charge >= 0.3 is 0 Å². The minimum atomic E-state index is 0.587. The quantitative estimate of drug-likeness (QED) is 0.621. The fraction of sp³-hybridized carbons (Fsp3) is 0.348. The largest absolute Gasteiger partial charge is 0.496 e. The van der Waals surface area contributed by atoms with Crippen molar-refractivity contribution in [3.63, 3.8) is 0 Å². The number of anilines is 1. The van der Waals surface area contributed by atoms with Crippen molar-refractivity contribution in [3.8, 4) is 17.2 Å². The average Bonchev–Trinajstić information content (AvgIpc) is 3.05. The molecule has 0 unspecified atom stereocenters. The summed E-state index contributed by atoms with van der Waals surface area (Å²) in [6, 6.07) is 12.4. The zero-order valence-electron chi connectivity index (χ0n) is 17.3. The molecule has 0 atom stereocenters. The first-order valence-corrected chi connectivity index (χ1v) is 9.73. The zero-order chi connectivity index (χ0) is 20.4. The van der Waals surface area contributed by atoms with Crippen molar-refractivity contribution >= 4 is 5.69 Å². The van der Waals surface area contributed by atoms with Crippen LogP contribution in [0.2, 0.25) is 0 Å². The molecule has 29 heavy (non-hydrogen) atoms. The van der Waals surface area contributed by atoms with Crippen LogP contribution < -0.4 is 19.1 Å². The van der Waals surface area contributed by atoms with E-state index in [2.05, 4.69) is 35.3 Å². The summed E-state index contributed by atoms with van der Waals surface area (Å²) < 4.78 is 22.2. The Kier molecular flexibility index (Phi) is 5.34. The molecule has 0 saturated heterocycles. The molecule has 2 aromatic carbocycles. The van der Waals surface area contributed by atoms with Crippen LogP contribution in [0.5, 0.6) is 17.2 Å². The third-order valence-electron chi connectivity index (χ3n) is 5.28. The van der Waals surface area contributed by atoms with Crippen molar-refractivity contribution in [2.75, 3.05) is 32.3 Å². The second-order valence-electron chi connectivity index (χ2n) is 7.31. The molecule has 0 radical (unpaired) electrons. The van der Waals surface area contributed by atoms with Gasteiger partial charge in [-0.1, -0.05) is 11.2 Å². The van der Waals surface area contributed by atoms with Crippen molar-refractivity contribution in [3.05, 3.63) is 64.5 Å². The van der Waals surface area contributed by atoms with Crippen LogP contribution in [-0.2, 0) is 13.0 Å². The van der Waals surface area contributed by atoms with Crippen molar-refractivity contribution in [1.29, 1.82) is 0 Å². The lowest BCUT2D eigenvalue weighted by Crippen LogP contribution is -2.19. The average molecular weight is 394 g/mol. The van der Waals surface area contributed by atoms with E-state index >= 15 is 0 Å². The predicted octanol–water partition coefficient (Wildman–Crippen LogP) is 4.30. The lowest BCUT2D eigenvalue weighted by molar-refractivity contribution is 0.171. The molecule has 1 aliphatic heterocycles. The third kappa shape index (κ3) is 4.01. The molecule has 0 bridgehead atoms. The lowest BCUT2D eigenvalue weighted by Gasteiger charge is -2.24.